The first-order valence-corrected chi connectivity index (χ1v) is 7.86. The van der Waals surface area contributed by atoms with E-state index < -0.39 is 5.97 Å². The number of esters is 1. The van der Waals surface area contributed by atoms with Crippen LogP contribution in [0.2, 0.25) is 0 Å². The molecule has 0 fully saturated rings. The van der Waals surface area contributed by atoms with Crippen LogP contribution in [-0.4, -0.2) is 24.7 Å². The van der Waals surface area contributed by atoms with Gasteiger partial charge in [0.25, 0.3) is 5.91 Å². The van der Waals surface area contributed by atoms with Gasteiger partial charge < -0.3 is 14.9 Å². The second-order valence-electron chi connectivity index (χ2n) is 5.72. The Labute approximate surface area is 145 Å². The van der Waals surface area contributed by atoms with Gasteiger partial charge in [-0.2, -0.15) is 0 Å². The van der Waals surface area contributed by atoms with Gasteiger partial charge in [0.1, 0.15) is 5.71 Å². The minimum absolute atomic E-state index is 0.246. The van der Waals surface area contributed by atoms with Gasteiger partial charge in [0.05, 0.1) is 12.7 Å². The maximum Gasteiger partial charge on any atom is 0.337 e. The van der Waals surface area contributed by atoms with Crippen LogP contribution in [0.3, 0.4) is 0 Å². The Morgan fingerprint density at radius 2 is 1.96 bits per heavy atom. The fourth-order valence-corrected chi connectivity index (χ4v) is 2.60. The molecule has 1 amide bonds. The fraction of sp³-hybridized carbons (Fsp3) is 0.211. The van der Waals surface area contributed by atoms with Crippen LogP contribution in [0.1, 0.15) is 34.0 Å². The zero-order valence-electron chi connectivity index (χ0n) is 14.0. The Hall–Kier alpha value is -3.15. The molecular formula is C19H18N2O4. The van der Waals surface area contributed by atoms with Gasteiger partial charge in [0.2, 0.25) is 0 Å². The lowest BCUT2D eigenvalue weighted by atomic mass is 10.0. The average Bonchev–Trinajstić information content (AvgIpc) is 3.13. The number of aryl methyl sites for hydroxylation is 1. The highest BCUT2D eigenvalue weighted by Gasteiger charge is 2.27. The summed E-state index contributed by atoms with van der Waals surface area (Å²) in [6.45, 7) is 1.81. The largest absolute Gasteiger partial charge is 0.465 e. The number of ether oxygens (including phenoxy) is 1. The second kappa shape index (κ2) is 7.17. The van der Waals surface area contributed by atoms with E-state index in [0.29, 0.717) is 23.4 Å². The molecule has 0 aliphatic carbocycles. The number of carbonyl (C=O) groups excluding carboxylic acids is 2. The molecule has 2 aromatic rings. The molecule has 0 saturated carbocycles. The molecule has 0 radical (unpaired) electrons. The van der Waals surface area contributed by atoms with Gasteiger partial charge in [0.15, 0.2) is 6.10 Å². The van der Waals surface area contributed by atoms with E-state index in [1.807, 2.05) is 37.3 Å². The number of carbonyl (C=O) groups is 2. The van der Waals surface area contributed by atoms with Gasteiger partial charge in [0, 0.05) is 12.1 Å². The number of oxime groups is 1. The van der Waals surface area contributed by atoms with E-state index in [-0.39, 0.29) is 12.0 Å². The van der Waals surface area contributed by atoms with Crippen LogP contribution in [0, 0.1) is 6.92 Å². The molecule has 2 aromatic carbocycles. The number of nitrogens with one attached hydrogen (secondary N) is 1. The Bertz CT molecular complexity index is 831. The van der Waals surface area contributed by atoms with E-state index in [1.165, 1.54) is 7.11 Å². The Kier molecular flexibility index (Phi) is 4.79. The highest BCUT2D eigenvalue weighted by atomic mass is 16.6. The molecule has 0 bridgehead atoms. The van der Waals surface area contributed by atoms with E-state index in [9.17, 15) is 9.59 Å². The smallest absolute Gasteiger partial charge is 0.337 e. The van der Waals surface area contributed by atoms with Crippen molar-refractivity contribution in [1.29, 1.82) is 0 Å². The molecule has 1 aliphatic heterocycles. The quantitative estimate of drug-likeness (QED) is 0.868. The summed E-state index contributed by atoms with van der Waals surface area (Å²) in [4.78, 5) is 29.3. The van der Waals surface area contributed by atoms with Crippen LogP contribution in [0.25, 0.3) is 0 Å². The van der Waals surface area contributed by atoms with E-state index >= 15 is 0 Å². The predicted molar refractivity (Wildman–Crippen MR) is 93.5 cm³/mol. The molecule has 1 aliphatic rings. The van der Waals surface area contributed by atoms with Crippen LogP contribution in [0.4, 0.5) is 5.69 Å². The molecule has 0 spiro atoms. The average molecular weight is 338 g/mol. The van der Waals surface area contributed by atoms with E-state index in [1.54, 1.807) is 18.2 Å². The summed E-state index contributed by atoms with van der Waals surface area (Å²) in [5, 5.41) is 6.72. The number of benzene rings is 2. The normalized spacial score (nSPS) is 15.9. The summed E-state index contributed by atoms with van der Waals surface area (Å²) in [7, 11) is 1.33. The molecule has 0 unspecified atom stereocenters. The number of hydrogen-bond acceptors (Lipinski definition) is 5. The Balaban J connectivity index is 1.66. The lowest BCUT2D eigenvalue weighted by Gasteiger charge is -2.10. The third-order valence-electron chi connectivity index (χ3n) is 4.00. The van der Waals surface area contributed by atoms with Gasteiger partial charge in [-0.05, 0) is 36.2 Å². The minimum atomic E-state index is -0.416. The van der Waals surface area contributed by atoms with Crippen molar-refractivity contribution in [3.63, 3.8) is 0 Å². The third kappa shape index (κ3) is 3.68. The molecule has 0 saturated heterocycles. The second-order valence-corrected chi connectivity index (χ2v) is 5.72. The summed E-state index contributed by atoms with van der Waals surface area (Å²) in [6.07, 6.45) is 0.166. The van der Waals surface area contributed by atoms with Crippen molar-refractivity contribution >= 4 is 23.3 Å². The van der Waals surface area contributed by atoms with Crippen molar-refractivity contribution in [2.45, 2.75) is 19.4 Å². The van der Waals surface area contributed by atoms with Gasteiger partial charge in [-0.3, -0.25) is 4.79 Å². The standard InChI is InChI=1S/C19H18N2O4/c1-12-10-14(19(23)24-2)8-9-15(12)20-18(22)16-11-17(25-21-16)13-6-4-3-5-7-13/h3-10,17H,11H2,1-2H3,(H,20,22)/t17-/m1/s1. The summed E-state index contributed by atoms with van der Waals surface area (Å²) in [5.74, 6) is -0.729. The fourth-order valence-electron chi connectivity index (χ4n) is 2.60. The van der Waals surface area contributed by atoms with Gasteiger partial charge in [-0.15, -0.1) is 0 Å². The summed E-state index contributed by atoms with van der Waals surface area (Å²) in [6, 6.07) is 14.6. The monoisotopic (exact) mass is 338 g/mol. The molecule has 0 aromatic heterocycles. The summed E-state index contributed by atoms with van der Waals surface area (Å²) < 4.78 is 4.69. The van der Waals surface area contributed by atoms with Crippen molar-refractivity contribution < 1.29 is 19.2 Å². The number of rotatable bonds is 4. The first-order valence-electron chi connectivity index (χ1n) is 7.86. The number of methoxy groups -OCH3 is 1. The lowest BCUT2D eigenvalue weighted by Crippen LogP contribution is -2.22. The Morgan fingerprint density at radius 3 is 2.64 bits per heavy atom. The zero-order valence-corrected chi connectivity index (χ0v) is 14.0. The number of hydrogen-bond donors (Lipinski definition) is 1. The van der Waals surface area contributed by atoms with Gasteiger partial charge in [-0.1, -0.05) is 35.5 Å². The molecule has 1 heterocycles. The third-order valence-corrected chi connectivity index (χ3v) is 4.00. The lowest BCUT2D eigenvalue weighted by molar-refractivity contribution is -0.110. The topological polar surface area (TPSA) is 77.0 Å². The van der Waals surface area contributed by atoms with Crippen LogP contribution < -0.4 is 5.32 Å². The molecule has 1 atom stereocenters. The minimum Gasteiger partial charge on any atom is -0.465 e. The Morgan fingerprint density at radius 1 is 1.20 bits per heavy atom. The zero-order chi connectivity index (χ0) is 17.8. The van der Waals surface area contributed by atoms with Crippen molar-refractivity contribution in [3.05, 3.63) is 65.2 Å². The predicted octanol–water partition coefficient (Wildman–Crippen LogP) is 3.24. The number of nitrogens with zero attached hydrogens (tertiary/aromatic N) is 1. The molecule has 25 heavy (non-hydrogen) atoms. The highest BCUT2D eigenvalue weighted by Crippen LogP contribution is 2.27. The van der Waals surface area contributed by atoms with E-state index in [4.69, 9.17) is 4.84 Å². The number of anilines is 1. The molecular weight excluding hydrogens is 320 g/mol. The van der Waals surface area contributed by atoms with Crippen LogP contribution >= 0.6 is 0 Å². The summed E-state index contributed by atoms with van der Waals surface area (Å²) in [5.41, 5.74) is 3.13. The van der Waals surface area contributed by atoms with Crippen molar-refractivity contribution in [2.75, 3.05) is 12.4 Å². The first-order chi connectivity index (χ1) is 12.1. The molecule has 128 valence electrons. The van der Waals surface area contributed by atoms with Crippen molar-refractivity contribution in [3.8, 4) is 0 Å². The summed E-state index contributed by atoms with van der Waals surface area (Å²) >= 11 is 0. The van der Waals surface area contributed by atoms with Crippen molar-refractivity contribution in [2.24, 2.45) is 5.16 Å². The number of amides is 1. The highest BCUT2D eigenvalue weighted by molar-refractivity contribution is 6.43. The van der Waals surface area contributed by atoms with Crippen LogP contribution in [-0.2, 0) is 14.4 Å². The molecule has 6 heteroatoms. The van der Waals surface area contributed by atoms with E-state index in [0.717, 1.165) is 11.1 Å². The van der Waals surface area contributed by atoms with Crippen molar-refractivity contribution in [1.82, 2.24) is 0 Å². The molecule has 3 rings (SSSR count). The maximum absolute atomic E-state index is 12.4. The van der Waals surface area contributed by atoms with Gasteiger partial charge in [-0.25, -0.2) is 4.79 Å². The van der Waals surface area contributed by atoms with E-state index in [2.05, 4.69) is 15.2 Å². The van der Waals surface area contributed by atoms with Gasteiger partial charge >= 0.3 is 5.97 Å². The van der Waals surface area contributed by atoms with Crippen LogP contribution in [0.5, 0.6) is 0 Å². The molecule has 6 nitrogen and oxygen atoms in total. The van der Waals surface area contributed by atoms with Crippen LogP contribution in [0.15, 0.2) is 53.7 Å². The first kappa shape index (κ1) is 16.7. The molecule has 1 N–H and O–H groups in total. The maximum atomic E-state index is 12.4. The SMILES string of the molecule is COC(=O)c1ccc(NC(=O)C2=NO[C@@H](c3ccccc3)C2)c(C)c1.